The summed E-state index contributed by atoms with van der Waals surface area (Å²) in [6, 6.07) is 3.16. The van der Waals surface area contributed by atoms with Crippen LogP contribution in [-0.2, 0) is 4.74 Å². The summed E-state index contributed by atoms with van der Waals surface area (Å²) in [6.07, 6.45) is 0. The van der Waals surface area contributed by atoms with E-state index in [-0.39, 0.29) is 17.8 Å². The summed E-state index contributed by atoms with van der Waals surface area (Å²) in [5.74, 6) is 1.01. The van der Waals surface area contributed by atoms with Crippen molar-refractivity contribution in [3.05, 3.63) is 17.7 Å². The third-order valence-electron chi connectivity index (χ3n) is 2.78. The maximum atomic E-state index is 12.2. The first-order valence-corrected chi connectivity index (χ1v) is 6.72. The van der Waals surface area contributed by atoms with Crippen molar-refractivity contribution >= 4 is 17.5 Å². The lowest BCUT2D eigenvalue weighted by Crippen LogP contribution is -2.31. The van der Waals surface area contributed by atoms with E-state index in [1.165, 1.54) is 21.3 Å². The fourth-order valence-electron chi connectivity index (χ4n) is 1.75. The molecule has 1 N–H and O–H groups in total. The summed E-state index contributed by atoms with van der Waals surface area (Å²) in [5.41, 5.74) is 0.344. The second-order valence-corrected chi connectivity index (χ2v) is 4.79. The van der Waals surface area contributed by atoms with Gasteiger partial charge in [-0.15, -0.1) is 11.6 Å². The molecule has 0 saturated heterocycles. The van der Waals surface area contributed by atoms with E-state index in [9.17, 15) is 4.79 Å². The Morgan fingerprint density at radius 2 is 1.67 bits per heavy atom. The van der Waals surface area contributed by atoms with Crippen molar-refractivity contribution < 1.29 is 23.7 Å². The van der Waals surface area contributed by atoms with Crippen LogP contribution in [0.1, 0.15) is 10.4 Å². The molecule has 0 aliphatic rings. The molecule has 1 unspecified atom stereocenters. The molecule has 1 aromatic carbocycles. The van der Waals surface area contributed by atoms with Gasteiger partial charge in [0.15, 0.2) is 11.5 Å². The number of hydrogen-bond donors (Lipinski definition) is 1. The summed E-state index contributed by atoms with van der Waals surface area (Å²) < 4.78 is 20.5. The maximum absolute atomic E-state index is 12.2. The van der Waals surface area contributed by atoms with Crippen LogP contribution >= 0.6 is 11.6 Å². The first kappa shape index (κ1) is 17.4. The van der Waals surface area contributed by atoms with E-state index in [0.29, 0.717) is 29.4 Å². The van der Waals surface area contributed by atoms with Crippen LogP contribution in [0.2, 0.25) is 0 Å². The fourth-order valence-corrected chi connectivity index (χ4v) is 1.95. The molecule has 1 amide bonds. The smallest absolute Gasteiger partial charge is 0.255 e. The molecule has 6 nitrogen and oxygen atoms in total. The Hall–Kier alpha value is -1.66. The molecule has 0 saturated carbocycles. The zero-order chi connectivity index (χ0) is 15.8. The monoisotopic (exact) mass is 317 g/mol. The predicted molar refractivity (Wildman–Crippen MR) is 79.9 cm³/mol. The van der Waals surface area contributed by atoms with Gasteiger partial charge in [0.1, 0.15) is 5.75 Å². The number of rotatable bonds is 8. The van der Waals surface area contributed by atoms with Crippen LogP contribution in [0.15, 0.2) is 12.1 Å². The minimum atomic E-state index is -0.311. The zero-order valence-electron chi connectivity index (χ0n) is 12.6. The van der Waals surface area contributed by atoms with Gasteiger partial charge in [-0.3, -0.25) is 4.79 Å². The number of ether oxygens (including phenoxy) is 4. The Labute approximate surface area is 129 Å². The average molecular weight is 318 g/mol. The lowest BCUT2D eigenvalue weighted by molar-refractivity contribution is 0.0945. The van der Waals surface area contributed by atoms with Crippen LogP contribution in [0.25, 0.3) is 0 Å². The standard InChI is InChI=1S/C14H20ClNO5/c1-18-8-9(15)7-16-14(17)10-5-12(20-3)13(21-4)6-11(10)19-2/h5-6,9H,7-8H2,1-4H3,(H,16,17). The van der Waals surface area contributed by atoms with E-state index < -0.39 is 0 Å². The van der Waals surface area contributed by atoms with Crippen molar-refractivity contribution in [3.63, 3.8) is 0 Å². The molecule has 0 fully saturated rings. The van der Waals surface area contributed by atoms with Gasteiger partial charge in [-0.05, 0) is 0 Å². The van der Waals surface area contributed by atoms with Crippen LogP contribution in [0.5, 0.6) is 17.2 Å². The second-order valence-electron chi connectivity index (χ2n) is 4.17. The van der Waals surface area contributed by atoms with Crippen molar-refractivity contribution in [2.75, 3.05) is 41.6 Å². The average Bonchev–Trinajstić information content (AvgIpc) is 2.51. The molecule has 7 heteroatoms. The van der Waals surface area contributed by atoms with Gasteiger partial charge in [-0.1, -0.05) is 0 Å². The highest BCUT2D eigenvalue weighted by atomic mass is 35.5. The Balaban J connectivity index is 2.92. The topological polar surface area (TPSA) is 66.0 Å². The Kier molecular flexibility index (Phi) is 7.11. The molecule has 0 bridgehead atoms. The third kappa shape index (κ3) is 4.68. The number of benzene rings is 1. The van der Waals surface area contributed by atoms with Gasteiger partial charge >= 0.3 is 0 Å². The summed E-state index contributed by atoms with van der Waals surface area (Å²) in [6.45, 7) is 0.636. The fraction of sp³-hybridized carbons (Fsp3) is 0.500. The molecular weight excluding hydrogens is 298 g/mol. The van der Waals surface area contributed by atoms with E-state index in [1.54, 1.807) is 19.2 Å². The van der Waals surface area contributed by atoms with E-state index in [0.717, 1.165) is 0 Å². The van der Waals surface area contributed by atoms with Gasteiger partial charge in [0, 0.05) is 25.8 Å². The number of hydrogen-bond acceptors (Lipinski definition) is 5. The second kappa shape index (κ2) is 8.59. The Bertz CT molecular complexity index is 481. The minimum absolute atomic E-state index is 0.283. The summed E-state index contributed by atoms with van der Waals surface area (Å²) in [5, 5.41) is 2.42. The molecule has 1 atom stereocenters. The van der Waals surface area contributed by atoms with Crippen molar-refractivity contribution in [3.8, 4) is 17.2 Å². The van der Waals surface area contributed by atoms with Crippen molar-refractivity contribution in [2.24, 2.45) is 0 Å². The lowest BCUT2D eigenvalue weighted by Gasteiger charge is -2.15. The molecule has 118 valence electrons. The molecule has 0 aliphatic carbocycles. The maximum Gasteiger partial charge on any atom is 0.255 e. The zero-order valence-corrected chi connectivity index (χ0v) is 13.3. The molecule has 0 aliphatic heterocycles. The highest BCUT2D eigenvalue weighted by Crippen LogP contribution is 2.34. The highest BCUT2D eigenvalue weighted by Gasteiger charge is 2.18. The normalized spacial score (nSPS) is 11.7. The Morgan fingerprint density at radius 1 is 1.10 bits per heavy atom. The number of methoxy groups -OCH3 is 4. The number of alkyl halides is 1. The van der Waals surface area contributed by atoms with Gasteiger partial charge in [0.25, 0.3) is 5.91 Å². The quantitative estimate of drug-likeness (QED) is 0.739. The van der Waals surface area contributed by atoms with Crippen LogP contribution in [0.3, 0.4) is 0 Å². The molecule has 1 aromatic rings. The predicted octanol–water partition coefficient (Wildman–Crippen LogP) is 1.70. The number of carbonyl (C=O) groups is 1. The lowest BCUT2D eigenvalue weighted by atomic mass is 10.1. The third-order valence-corrected chi connectivity index (χ3v) is 3.06. The van der Waals surface area contributed by atoms with Crippen molar-refractivity contribution in [1.82, 2.24) is 5.32 Å². The van der Waals surface area contributed by atoms with Gasteiger partial charge < -0.3 is 24.3 Å². The van der Waals surface area contributed by atoms with Gasteiger partial charge in [-0.2, -0.15) is 0 Å². The number of amides is 1. The van der Waals surface area contributed by atoms with Crippen LogP contribution in [0, 0.1) is 0 Å². The summed E-state index contributed by atoms with van der Waals surface area (Å²) in [7, 11) is 6.04. The van der Waals surface area contributed by atoms with Gasteiger partial charge in [0.05, 0.1) is 38.9 Å². The highest BCUT2D eigenvalue weighted by molar-refractivity contribution is 6.21. The molecule has 0 aromatic heterocycles. The number of halogens is 1. The summed E-state index contributed by atoms with van der Waals surface area (Å²) >= 11 is 5.98. The van der Waals surface area contributed by atoms with Crippen molar-refractivity contribution in [2.45, 2.75) is 5.38 Å². The molecule has 21 heavy (non-hydrogen) atoms. The molecule has 0 spiro atoms. The van der Waals surface area contributed by atoms with Crippen LogP contribution < -0.4 is 19.5 Å². The largest absolute Gasteiger partial charge is 0.496 e. The number of nitrogens with one attached hydrogen (secondary N) is 1. The van der Waals surface area contributed by atoms with Crippen LogP contribution in [0.4, 0.5) is 0 Å². The minimum Gasteiger partial charge on any atom is -0.496 e. The molecule has 1 rings (SSSR count). The molecule has 0 radical (unpaired) electrons. The van der Waals surface area contributed by atoms with Gasteiger partial charge in [0.2, 0.25) is 0 Å². The Morgan fingerprint density at radius 3 is 2.19 bits per heavy atom. The SMILES string of the molecule is COCC(Cl)CNC(=O)c1cc(OC)c(OC)cc1OC. The van der Waals surface area contributed by atoms with Gasteiger partial charge in [-0.25, -0.2) is 0 Å². The van der Waals surface area contributed by atoms with Crippen molar-refractivity contribution in [1.29, 1.82) is 0 Å². The molecular formula is C14H20ClNO5. The van der Waals surface area contributed by atoms with E-state index in [2.05, 4.69) is 5.32 Å². The first-order chi connectivity index (χ1) is 10.1. The van der Waals surface area contributed by atoms with E-state index in [4.69, 9.17) is 30.5 Å². The molecule has 0 heterocycles. The van der Waals surface area contributed by atoms with E-state index >= 15 is 0 Å². The van der Waals surface area contributed by atoms with E-state index in [1.807, 2.05) is 0 Å². The van der Waals surface area contributed by atoms with Crippen LogP contribution in [-0.4, -0.2) is 52.9 Å². The number of carbonyl (C=O) groups excluding carboxylic acids is 1. The summed E-state index contributed by atoms with van der Waals surface area (Å²) in [4.78, 5) is 12.2. The first-order valence-electron chi connectivity index (χ1n) is 6.28.